The Labute approximate surface area is 96.5 Å². The molecule has 2 N–H and O–H groups in total. The first-order valence-electron chi connectivity index (χ1n) is 5.04. The van der Waals surface area contributed by atoms with Crippen LogP contribution in [0.4, 0.5) is 0 Å². The van der Waals surface area contributed by atoms with E-state index in [0.717, 1.165) is 0 Å². The molecule has 5 heteroatoms. The molecule has 0 bridgehead atoms. The van der Waals surface area contributed by atoms with Gasteiger partial charge in [-0.05, 0) is 36.1 Å². The average molecular weight is 243 g/mol. The number of hydrogen-bond acceptors (Lipinski definition) is 3. The SMILES string of the molecule is COc1ccc(S(N)(=O)=O)c(CC(C)C)c1. The predicted molar refractivity (Wildman–Crippen MR) is 62.9 cm³/mol. The summed E-state index contributed by atoms with van der Waals surface area (Å²) in [6, 6.07) is 4.81. The van der Waals surface area contributed by atoms with E-state index in [0.29, 0.717) is 23.7 Å². The first kappa shape index (κ1) is 13.0. The smallest absolute Gasteiger partial charge is 0.238 e. The molecular weight excluding hydrogens is 226 g/mol. The van der Waals surface area contributed by atoms with E-state index in [9.17, 15) is 8.42 Å². The first-order chi connectivity index (χ1) is 7.34. The average Bonchev–Trinajstić information content (AvgIpc) is 2.14. The predicted octanol–water partition coefficient (Wildman–Crippen LogP) is 1.54. The van der Waals surface area contributed by atoms with E-state index in [1.54, 1.807) is 19.2 Å². The summed E-state index contributed by atoms with van der Waals surface area (Å²) >= 11 is 0. The highest BCUT2D eigenvalue weighted by Crippen LogP contribution is 2.23. The summed E-state index contributed by atoms with van der Waals surface area (Å²) in [5, 5.41) is 5.16. The van der Waals surface area contributed by atoms with Crippen molar-refractivity contribution in [2.75, 3.05) is 7.11 Å². The fraction of sp³-hybridized carbons (Fsp3) is 0.455. The van der Waals surface area contributed by atoms with E-state index in [1.165, 1.54) is 6.07 Å². The zero-order valence-electron chi connectivity index (χ0n) is 9.73. The molecule has 0 aliphatic heterocycles. The third kappa shape index (κ3) is 3.21. The molecule has 1 aromatic rings. The Kier molecular flexibility index (Phi) is 3.93. The lowest BCUT2D eigenvalue weighted by Crippen LogP contribution is -2.15. The van der Waals surface area contributed by atoms with Gasteiger partial charge in [0.2, 0.25) is 10.0 Å². The van der Waals surface area contributed by atoms with Crippen LogP contribution in [0.25, 0.3) is 0 Å². The maximum Gasteiger partial charge on any atom is 0.238 e. The molecule has 0 spiro atoms. The van der Waals surface area contributed by atoms with Crippen molar-refractivity contribution in [3.8, 4) is 5.75 Å². The molecule has 4 nitrogen and oxygen atoms in total. The monoisotopic (exact) mass is 243 g/mol. The van der Waals surface area contributed by atoms with Crippen molar-refractivity contribution < 1.29 is 13.2 Å². The summed E-state index contributed by atoms with van der Waals surface area (Å²) in [4.78, 5) is 0.182. The number of hydrogen-bond donors (Lipinski definition) is 1. The molecule has 16 heavy (non-hydrogen) atoms. The zero-order valence-corrected chi connectivity index (χ0v) is 10.5. The highest BCUT2D eigenvalue weighted by Gasteiger charge is 2.15. The topological polar surface area (TPSA) is 69.4 Å². The van der Waals surface area contributed by atoms with Crippen molar-refractivity contribution in [2.24, 2.45) is 11.1 Å². The normalized spacial score (nSPS) is 11.8. The molecule has 0 heterocycles. The van der Waals surface area contributed by atoms with Gasteiger partial charge < -0.3 is 4.74 Å². The van der Waals surface area contributed by atoms with Crippen LogP contribution in [0.5, 0.6) is 5.75 Å². The Bertz CT molecular complexity index is 466. The molecule has 1 rings (SSSR count). The van der Waals surface area contributed by atoms with Gasteiger partial charge in [0.25, 0.3) is 0 Å². The maximum atomic E-state index is 11.4. The van der Waals surface area contributed by atoms with Gasteiger partial charge in [0, 0.05) is 0 Å². The number of primary sulfonamides is 1. The molecule has 0 aliphatic carbocycles. The number of rotatable bonds is 4. The highest BCUT2D eigenvalue weighted by molar-refractivity contribution is 7.89. The number of sulfonamides is 1. The molecule has 0 amide bonds. The van der Waals surface area contributed by atoms with E-state index >= 15 is 0 Å². The van der Waals surface area contributed by atoms with E-state index in [1.807, 2.05) is 13.8 Å². The van der Waals surface area contributed by atoms with E-state index in [-0.39, 0.29) is 4.90 Å². The lowest BCUT2D eigenvalue weighted by molar-refractivity contribution is 0.413. The molecule has 90 valence electrons. The molecular formula is C11H17NO3S. The van der Waals surface area contributed by atoms with Crippen LogP contribution in [0, 0.1) is 5.92 Å². The Morgan fingerprint density at radius 3 is 2.44 bits per heavy atom. The minimum Gasteiger partial charge on any atom is -0.497 e. The van der Waals surface area contributed by atoms with Crippen molar-refractivity contribution in [1.82, 2.24) is 0 Å². The summed E-state index contributed by atoms with van der Waals surface area (Å²) in [6.07, 6.45) is 0.656. The number of nitrogens with two attached hydrogens (primary N) is 1. The van der Waals surface area contributed by atoms with Gasteiger partial charge in [-0.15, -0.1) is 0 Å². The van der Waals surface area contributed by atoms with Crippen molar-refractivity contribution in [3.63, 3.8) is 0 Å². The molecule has 0 unspecified atom stereocenters. The molecule has 0 atom stereocenters. The van der Waals surface area contributed by atoms with Crippen LogP contribution in [0.15, 0.2) is 23.1 Å². The highest BCUT2D eigenvalue weighted by atomic mass is 32.2. The van der Waals surface area contributed by atoms with Crippen molar-refractivity contribution >= 4 is 10.0 Å². The molecule has 0 aromatic heterocycles. The molecule has 0 saturated carbocycles. The molecule has 0 aliphatic rings. The van der Waals surface area contributed by atoms with Crippen LogP contribution < -0.4 is 9.88 Å². The number of methoxy groups -OCH3 is 1. The van der Waals surface area contributed by atoms with Crippen LogP contribution in [-0.2, 0) is 16.4 Å². The third-order valence-corrected chi connectivity index (χ3v) is 3.21. The third-order valence-electron chi connectivity index (χ3n) is 2.20. The first-order valence-corrected chi connectivity index (χ1v) is 6.59. The van der Waals surface area contributed by atoms with Crippen LogP contribution >= 0.6 is 0 Å². The van der Waals surface area contributed by atoms with E-state index < -0.39 is 10.0 Å². The summed E-state index contributed by atoms with van der Waals surface area (Å²) in [5.41, 5.74) is 0.705. The van der Waals surface area contributed by atoms with Crippen LogP contribution in [-0.4, -0.2) is 15.5 Å². The van der Waals surface area contributed by atoms with Crippen LogP contribution in [0.1, 0.15) is 19.4 Å². The van der Waals surface area contributed by atoms with Gasteiger partial charge in [0.1, 0.15) is 5.75 Å². The zero-order chi connectivity index (χ0) is 12.3. The second kappa shape index (κ2) is 4.84. The summed E-state index contributed by atoms with van der Waals surface area (Å²) < 4.78 is 27.8. The van der Waals surface area contributed by atoms with Gasteiger partial charge in [0.15, 0.2) is 0 Å². The minimum absolute atomic E-state index is 0.182. The molecule has 1 aromatic carbocycles. The maximum absolute atomic E-state index is 11.4. The van der Waals surface area contributed by atoms with Crippen molar-refractivity contribution in [3.05, 3.63) is 23.8 Å². The van der Waals surface area contributed by atoms with Crippen molar-refractivity contribution in [2.45, 2.75) is 25.2 Å². The van der Waals surface area contributed by atoms with Crippen molar-refractivity contribution in [1.29, 1.82) is 0 Å². The fourth-order valence-electron chi connectivity index (χ4n) is 1.56. The summed E-state index contributed by atoms with van der Waals surface area (Å²) in [6.45, 7) is 4.04. The van der Waals surface area contributed by atoms with Gasteiger partial charge >= 0.3 is 0 Å². The quantitative estimate of drug-likeness (QED) is 0.872. The Morgan fingerprint density at radius 2 is 2.00 bits per heavy atom. The minimum atomic E-state index is -3.66. The summed E-state index contributed by atoms with van der Waals surface area (Å²) in [7, 11) is -2.11. The van der Waals surface area contributed by atoms with Crippen LogP contribution in [0.2, 0.25) is 0 Å². The van der Waals surface area contributed by atoms with Gasteiger partial charge in [-0.1, -0.05) is 13.8 Å². The lowest BCUT2D eigenvalue weighted by Gasteiger charge is -2.11. The van der Waals surface area contributed by atoms with Gasteiger partial charge in [-0.2, -0.15) is 0 Å². The number of benzene rings is 1. The largest absolute Gasteiger partial charge is 0.497 e. The van der Waals surface area contributed by atoms with E-state index in [4.69, 9.17) is 9.88 Å². The van der Waals surface area contributed by atoms with Gasteiger partial charge in [0.05, 0.1) is 12.0 Å². The van der Waals surface area contributed by atoms with E-state index in [2.05, 4.69) is 0 Å². The molecule has 0 radical (unpaired) electrons. The fourth-order valence-corrected chi connectivity index (χ4v) is 2.33. The Hall–Kier alpha value is -1.07. The van der Waals surface area contributed by atoms with Gasteiger partial charge in [-0.25, -0.2) is 13.6 Å². The number of ether oxygens (including phenoxy) is 1. The Morgan fingerprint density at radius 1 is 1.38 bits per heavy atom. The summed E-state index contributed by atoms with van der Waals surface area (Å²) in [5.74, 6) is 0.996. The standard InChI is InChI=1S/C11H17NO3S/c1-8(2)6-9-7-10(15-3)4-5-11(9)16(12,13)14/h4-5,7-8H,6H2,1-3H3,(H2,12,13,14). The van der Waals surface area contributed by atoms with Crippen LogP contribution in [0.3, 0.4) is 0 Å². The lowest BCUT2D eigenvalue weighted by atomic mass is 10.0. The molecule has 0 saturated heterocycles. The Balaban J connectivity index is 3.27. The van der Waals surface area contributed by atoms with Gasteiger partial charge in [-0.3, -0.25) is 0 Å². The molecule has 0 fully saturated rings. The second-order valence-corrected chi connectivity index (χ2v) is 5.65. The second-order valence-electron chi connectivity index (χ2n) is 4.12.